The molecule has 0 bridgehead atoms. The first-order chi connectivity index (χ1) is 9.00. The lowest BCUT2D eigenvalue weighted by atomic mass is 10.1. The van der Waals surface area contributed by atoms with Crippen molar-refractivity contribution >= 4 is 11.9 Å². The Labute approximate surface area is 110 Å². The van der Waals surface area contributed by atoms with Crippen LogP contribution in [0.5, 0.6) is 0 Å². The van der Waals surface area contributed by atoms with Gasteiger partial charge in [-0.05, 0) is 25.0 Å². The van der Waals surface area contributed by atoms with Gasteiger partial charge in [-0.2, -0.15) is 0 Å². The molecular weight excluding hydrogens is 249 g/mol. The van der Waals surface area contributed by atoms with Crippen molar-refractivity contribution in [3.8, 4) is 0 Å². The van der Waals surface area contributed by atoms with Crippen LogP contribution in [0.2, 0.25) is 0 Å². The van der Waals surface area contributed by atoms with Crippen LogP contribution in [-0.4, -0.2) is 34.5 Å². The molecule has 1 aliphatic carbocycles. The number of carboxylic acid groups (broad SMARTS) is 1. The lowest BCUT2D eigenvalue weighted by Crippen LogP contribution is -2.38. The Morgan fingerprint density at radius 3 is 2.58 bits per heavy atom. The van der Waals surface area contributed by atoms with Crippen LogP contribution in [0.1, 0.15) is 30.1 Å². The molecule has 1 aromatic carbocycles. The second-order valence-corrected chi connectivity index (χ2v) is 4.91. The maximum Gasteiger partial charge on any atom is 0.308 e. The Kier molecular flexibility index (Phi) is 3.83. The Morgan fingerprint density at radius 1 is 1.42 bits per heavy atom. The van der Waals surface area contributed by atoms with E-state index in [1.165, 1.54) is 23.1 Å². The van der Waals surface area contributed by atoms with Crippen molar-refractivity contribution in [3.05, 3.63) is 35.6 Å². The number of nitrogens with zero attached hydrogens (tertiary/aromatic N) is 1. The molecule has 0 radical (unpaired) electrons. The number of hydrogen-bond acceptors (Lipinski definition) is 2. The van der Waals surface area contributed by atoms with E-state index in [-0.39, 0.29) is 18.2 Å². The standard InChI is InChI=1S/C14H16FNO3/c1-9(14(18)19)8-16(10-6-7-10)13(17)11-4-2-3-5-12(11)15/h2-5,9-10H,6-8H2,1H3,(H,18,19). The van der Waals surface area contributed by atoms with Crippen molar-refractivity contribution in [2.45, 2.75) is 25.8 Å². The van der Waals surface area contributed by atoms with Crippen molar-refractivity contribution in [2.75, 3.05) is 6.54 Å². The monoisotopic (exact) mass is 265 g/mol. The fourth-order valence-corrected chi connectivity index (χ4v) is 1.95. The van der Waals surface area contributed by atoms with Gasteiger partial charge in [0.15, 0.2) is 0 Å². The summed E-state index contributed by atoms with van der Waals surface area (Å²) in [5.74, 6) is -2.60. The third kappa shape index (κ3) is 3.10. The summed E-state index contributed by atoms with van der Waals surface area (Å²) in [4.78, 5) is 24.7. The number of benzene rings is 1. The molecule has 1 unspecified atom stereocenters. The number of carbonyl (C=O) groups is 2. The molecule has 1 saturated carbocycles. The summed E-state index contributed by atoms with van der Waals surface area (Å²) in [6.07, 6.45) is 1.71. The second-order valence-electron chi connectivity index (χ2n) is 4.91. The molecule has 0 aliphatic heterocycles. The lowest BCUT2D eigenvalue weighted by molar-refractivity contribution is -0.141. The van der Waals surface area contributed by atoms with Gasteiger partial charge in [0, 0.05) is 12.6 Å². The molecular formula is C14H16FNO3. The van der Waals surface area contributed by atoms with Crippen molar-refractivity contribution in [2.24, 2.45) is 5.92 Å². The van der Waals surface area contributed by atoms with Crippen LogP contribution in [0.3, 0.4) is 0 Å². The molecule has 0 saturated heterocycles. The molecule has 19 heavy (non-hydrogen) atoms. The summed E-state index contributed by atoms with van der Waals surface area (Å²) >= 11 is 0. The van der Waals surface area contributed by atoms with Gasteiger partial charge in [-0.15, -0.1) is 0 Å². The second kappa shape index (κ2) is 5.38. The van der Waals surface area contributed by atoms with E-state index in [0.717, 1.165) is 12.8 Å². The first-order valence-corrected chi connectivity index (χ1v) is 6.29. The summed E-state index contributed by atoms with van der Waals surface area (Å²) in [6.45, 7) is 1.67. The van der Waals surface area contributed by atoms with Gasteiger partial charge in [0.25, 0.3) is 5.91 Å². The van der Waals surface area contributed by atoms with Gasteiger partial charge >= 0.3 is 5.97 Å². The smallest absolute Gasteiger partial charge is 0.308 e. The third-order valence-corrected chi connectivity index (χ3v) is 3.24. The number of halogens is 1. The van der Waals surface area contributed by atoms with Gasteiger partial charge < -0.3 is 10.0 Å². The number of aliphatic carboxylic acids is 1. The van der Waals surface area contributed by atoms with Crippen LogP contribution in [-0.2, 0) is 4.79 Å². The van der Waals surface area contributed by atoms with Gasteiger partial charge in [0.05, 0.1) is 11.5 Å². The highest BCUT2D eigenvalue weighted by Crippen LogP contribution is 2.29. The van der Waals surface area contributed by atoms with Crippen LogP contribution in [0.15, 0.2) is 24.3 Å². The number of hydrogen-bond donors (Lipinski definition) is 1. The minimum absolute atomic E-state index is 0.00647. The van der Waals surface area contributed by atoms with Crippen LogP contribution >= 0.6 is 0 Å². The molecule has 4 nitrogen and oxygen atoms in total. The molecule has 0 aromatic heterocycles. The fourth-order valence-electron chi connectivity index (χ4n) is 1.95. The predicted octanol–water partition coefficient (Wildman–Crippen LogP) is 2.15. The number of amides is 1. The highest BCUT2D eigenvalue weighted by atomic mass is 19.1. The molecule has 2 rings (SSSR count). The molecule has 1 atom stereocenters. The van der Waals surface area contributed by atoms with Crippen LogP contribution < -0.4 is 0 Å². The maximum absolute atomic E-state index is 13.6. The SMILES string of the molecule is CC(CN(C(=O)c1ccccc1F)C1CC1)C(=O)O. The quantitative estimate of drug-likeness (QED) is 0.887. The fraction of sp³-hybridized carbons (Fsp3) is 0.429. The minimum atomic E-state index is -0.952. The van der Waals surface area contributed by atoms with E-state index in [1.807, 2.05) is 0 Å². The first-order valence-electron chi connectivity index (χ1n) is 6.29. The van der Waals surface area contributed by atoms with E-state index in [2.05, 4.69) is 0 Å². The molecule has 102 valence electrons. The normalized spacial score (nSPS) is 15.9. The van der Waals surface area contributed by atoms with Crippen molar-refractivity contribution in [3.63, 3.8) is 0 Å². The number of rotatable bonds is 5. The molecule has 1 N–H and O–H groups in total. The van der Waals surface area contributed by atoms with Gasteiger partial charge in [-0.3, -0.25) is 9.59 Å². The summed E-state index contributed by atoms with van der Waals surface area (Å²) in [5, 5.41) is 8.93. The number of carboxylic acids is 1. The van der Waals surface area contributed by atoms with Gasteiger partial charge in [-0.1, -0.05) is 19.1 Å². The molecule has 0 heterocycles. The average Bonchev–Trinajstić information content (AvgIpc) is 3.19. The largest absolute Gasteiger partial charge is 0.481 e. The average molecular weight is 265 g/mol. The Hall–Kier alpha value is -1.91. The van der Waals surface area contributed by atoms with Crippen LogP contribution in [0.25, 0.3) is 0 Å². The Balaban J connectivity index is 2.18. The summed E-state index contributed by atoms with van der Waals surface area (Å²) < 4.78 is 13.6. The highest BCUT2D eigenvalue weighted by molar-refractivity contribution is 5.95. The zero-order valence-corrected chi connectivity index (χ0v) is 10.7. The summed E-state index contributed by atoms with van der Waals surface area (Å²) in [5.41, 5.74) is 0.00647. The maximum atomic E-state index is 13.6. The minimum Gasteiger partial charge on any atom is -0.481 e. The van der Waals surface area contributed by atoms with E-state index in [4.69, 9.17) is 5.11 Å². The summed E-state index contributed by atoms with van der Waals surface area (Å²) in [7, 11) is 0. The van der Waals surface area contributed by atoms with Gasteiger partial charge in [-0.25, -0.2) is 4.39 Å². The molecule has 1 aliphatic rings. The van der Waals surface area contributed by atoms with Crippen molar-refractivity contribution in [1.82, 2.24) is 4.90 Å². The molecule has 1 aromatic rings. The van der Waals surface area contributed by atoms with E-state index in [1.54, 1.807) is 13.0 Å². The van der Waals surface area contributed by atoms with E-state index >= 15 is 0 Å². The topological polar surface area (TPSA) is 57.6 Å². The highest BCUT2D eigenvalue weighted by Gasteiger charge is 2.35. The molecule has 1 amide bonds. The van der Waals surface area contributed by atoms with Crippen molar-refractivity contribution in [1.29, 1.82) is 0 Å². The van der Waals surface area contributed by atoms with Crippen LogP contribution in [0, 0.1) is 11.7 Å². The summed E-state index contributed by atoms with van der Waals surface area (Å²) in [6, 6.07) is 5.83. The zero-order chi connectivity index (χ0) is 14.0. The molecule has 5 heteroatoms. The first kappa shape index (κ1) is 13.5. The van der Waals surface area contributed by atoms with Crippen molar-refractivity contribution < 1.29 is 19.1 Å². The van der Waals surface area contributed by atoms with Gasteiger partial charge in [0.1, 0.15) is 5.82 Å². The Bertz CT molecular complexity index is 499. The van der Waals surface area contributed by atoms with Crippen LogP contribution in [0.4, 0.5) is 4.39 Å². The van der Waals surface area contributed by atoms with E-state index < -0.39 is 23.6 Å². The zero-order valence-electron chi connectivity index (χ0n) is 10.7. The van der Waals surface area contributed by atoms with E-state index in [9.17, 15) is 14.0 Å². The molecule has 1 fully saturated rings. The van der Waals surface area contributed by atoms with E-state index in [0.29, 0.717) is 0 Å². The Morgan fingerprint density at radius 2 is 2.05 bits per heavy atom. The lowest BCUT2D eigenvalue weighted by Gasteiger charge is -2.24. The molecule has 0 spiro atoms. The number of carbonyl (C=O) groups excluding carboxylic acids is 1. The van der Waals surface area contributed by atoms with Gasteiger partial charge in [0.2, 0.25) is 0 Å². The predicted molar refractivity (Wildman–Crippen MR) is 67.3 cm³/mol. The third-order valence-electron chi connectivity index (χ3n) is 3.24.